The molecule has 0 radical (unpaired) electrons. The molecule has 1 aliphatic heterocycles. The molecule has 1 amide bonds. The van der Waals surface area contributed by atoms with Crippen molar-refractivity contribution in [3.8, 4) is 10.4 Å². The molecule has 1 N–H and O–H groups in total. The number of hydrogen-bond acceptors (Lipinski definition) is 5. The van der Waals surface area contributed by atoms with E-state index in [4.69, 9.17) is 0 Å². The maximum Gasteiger partial charge on any atom is 0.243 e. The molecule has 0 fully saturated rings. The van der Waals surface area contributed by atoms with E-state index >= 15 is 0 Å². The highest BCUT2D eigenvalue weighted by Crippen LogP contribution is 2.36. The Kier molecular flexibility index (Phi) is 4.78. The number of rotatable bonds is 4. The van der Waals surface area contributed by atoms with Gasteiger partial charge in [0.05, 0.1) is 15.5 Å². The van der Waals surface area contributed by atoms with Gasteiger partial charge in [-0.3, -0.25) is 4.79 Å². The third-order valence-electron chi connectivity index (χ3n) is 4.62. The van der Waals surface area contributed by atoms with Crippen LogP contribution in [-0.2, 0) is 27.9 Å². The molecule has 6 nitrogen and oxygen atoms in total. The molecule has 0 aliphatic carbocycles. The standard InChI is InChI=1S/C20H19N3O3S2/c1-13-19(27-20(21-13)22-14(2)24)15-8-9-16-11-23(12-17(16)10-15)28(25,26)18-6-4-3-5-7-18/h3-10H,11-12H2,1-2H3,(H,21,22,24). The Morgan fingerprint density at radius 2 is 1.82 bits per heavy atom. The van der Waals surface area contributed by atoms with E-state index in [9.17, 15) is 13.2 Å². The largest absolute Gasteiger partial charge is 0.302 e. The summed E-state index contributed by atoms with van der Waals surface area (Å²) in [5, 5.41) is 3.28. The van der Waals surface area contributed by atoms with E-state index in [1.807, 2.05) is 25.1 Å². The van der Waals surface area contributed by atoms with E-state index in [-0.39, 0.29) is 5.91 Å². The van der Waals surface area contributed by atoms with Crippen LogP contribution in [0, 0.1) is 6.92 Å². The van der Waals surface area contributed by atoms with Crippen molar-refractivity contribution >= 4 is 32.4 Å². The molecule has 3 aromatic rings. The normalized spacial score (nSPS) is 14.1. The SMILES string of the molecule is CC(=O)Nc1nc(C)c(-c2ccc3c(c2)CN(S(=O)(=O)c2ccccc2)C3)s1. The Hall–Kier alpha value is -2.55. The molecule has 1 aromatic heterocycles. The van der Waals surface area contributed by atoms with Gasteiger partial charge in [-0.2, -0.15) is 4.31 Å². The quantitative estimate of drug-likeness (QED) is 0.706. The van der Waals surface area contributed by atoms with Gasteiger partial charge in [-0.25, -0.2) is 13.4 Å². The lowest BCUT2D eigenvalue weighted by molar-refractivity contribution is -0.114. The fourth-order valence-corrected chi connectivity index (χ4v) is 5.71. The molecule has 0 spiro atoms. The highest BCUT2D eigenvalue weighted by atomic mass is 32.2. The molecule has 0 unspecified atom stereocenters. The number of nitrogens with one attached hydrogen (secondary N) is 1. The molecule has 0 saturated carbocycles. The van der Waals surface area contributed by atoms with Crippen molar-refractivity contribution in [2.45, 2.75) is 31.8 Å². The first kappa shape index (κ1) is 18.8. The first-order valence-corrected chi connectivity index (χ1v) is 11.0. The number of anilines is 1. The fraction of sp³-hybridized carbons (Fsp3) is 0.200. The Morgan fingerprint density at radius 1 is 1.11 bits per heavy atom. The van der Waals surface area contributed by atoms with E-state index in [0.717, 1.165) is 27.3 Å². The van der Waals surface area contributed by atoms with Crippen molar-refractivity contribution in [2.24, 2.45) is 0 Å². The number of fused-ring (bicyclic) bond motifs is 1. The molecule has 28 heavy (non-hydrogen) atoms. The monoisotopic (exact) mass is 413 g/mol. The summed E-state index contributed by atoms with van der Waals surface area (Å²) in [6, 6.07) is 14.5. The van der Waals surface area contributed by atoms with Gasteiger partial charge in [0.2, 0.25) is 15.9 Å². The summed E-state index contributed by atoms with van der Waals surface area (Å²) in [5.74, 6) is -0.156. The van der Waals surface area contributed by atoms with Crippen molar-refractivity contribution in [3.63, 3.8) is 0 Å². The zero-order valence-corrected chi connectivity index (χ0v) is 17.1. The van der Waals surface area contributed by atoms with Crippen LogP contribution < -0.4 is 5.32 Å². The van der Waals surface area contributed by atoms with E-state index in [0.29, 0.717) is 23.1 Å². The number of sulfonamides is 1. The smallest absolute Gasteiger partial charge is 0.243 e. The number of carbonyl (C=O) groups excluding carboxylic acids is 1. The number of nitrogens with zero attached hydrogens (tertiary/aromatic N) is 2. The first-order chi connectivity index (χ1) is 13.3. The van der Waals surface area contributed by atoms with Crippen LogP contribution in [0.15, 0.2) is 53.4 Å². The third kappa shape index (κ3) is 3.46. The van der Waals surface area contributed by atoms with Crippen LogP contribution in [0.1, 0.15) is 23.7 Å². The Labute approximate surface area is 167 Å². The van der Waals surface area contributed by atoms with Gasteiger partial charge < -0.3 is 5.32 Å². The molecule has 1 aliphatic rings. The lowest BCUT2D eigenvalue weighted by Gasteiger charge is -2.15. The molecular weight excluding hydrogens is 394 g/mol. The highest BCUT2D eigenvalue weighted by molar-refractivity contribution is 7.89. The number of benzene rings is 2. The molecule has 144 valence electrons. The van der Waals surface area contributed by atoms with Crippen molar-refractivity contribution in [2.75, 3.05) is 5.32 Å². The van der Waals surface area contributed by atoms with Crippen molar-refractivity contribution < 1.29 is 13.2 Å². The van der Waals surface area contributed by atoms with Crippen LogP contribution in [0.5, 0.6) is 0 Å². The van der Waals surface area contributed by atoms with Crippen LogP contribution in [0.2, 0.25) is 0 Å². The summed E-state index contributed by atoms with van der Waals surface area (Å²) in [6.07, 6.45) is 0. The van der Waals surface area contributed by atoms with Crippen molar-refractivity contribution in [1.29, 1.82) is 0 Å². The zero-order valence-electron chi connectivity index (χ0n) is 15.5. The summed E-state index contributed by atoms with van der Waals surface area (Å²) in [5.41, 5.74) is 3.81. The van der Waals surface area contributed by atoms with E-state index in [1.165, 1.54) is 22.6 Å². The maximum atomic E-state index is 12.9. The number of carbonyl (C=O) groups is 1. The number of amides is 1. The minimum Gasteiger partial charge on any atom is -0.302 e. The third-order valence-corrected chi connectivity index (χ3v) is 7.55. The summed E-state index contributed by atoms with van der Waals surface area (Å²) >= 11 is 1.41. The molecule has 8 heteroatoms. The van der Waals surface area contributed by atoms with Crippen LogP contribution in [0.4, 0.5) is 5.13 Å². The number of aryl methyl sites for hydroxylation is 1. The molecule has 4 rings (SSSR count). The van der Waals surface area contributed by atoms with Gasteiger partial charge in [-0.05, 0) is 41.8 Å². The Balaban J connectivity index is 1.62. The summed E-state index contributed by atoms with van der Waals surface area (Å²) < 4.78 is 27.3. The average Bonchev–Trinajstić information content (AvgIpc) is 3.25. The summed E-state index contributed by atoms with van der Waals surface area (Å²) in [6.45, 7) is 4.06. The van der Waals surface area contributed by atoms with Gasteiger partial charge >= 0.3 is 0 Å². The Morgan fingerprint density at radius 3 is 2.54 bits per heavy atom. The molecule has 0 atom stereocenters. The summed E-state index contributed by atoms with van der Waals surface area (Å²) in [7, 11) is -3.53. The van der Waals surface area contributed by atoms with Gasteiger partial charge in [-0.1, -0.05) is 41.7 Å². The molecular formula is C20H19N3O3S2. The Bertz CT molecular complexity index is 1150. The fourth-order valence-electron chi connectivity index (χ4n) is 3.28. The van der Waals surface area contributed by atoms with Gasteiger partial charge in [-0.15, -0.1) is 0 Å². The first-order valence-electron chi connectivity index (χ1n) is 8.77. The van der Waals surface area contributed by atoms with Gasteiger partial charge in [0, 0.05) is 20.0 Å². The molecule has 2 heterocycles. The molecule has 0 saturated heterocycles. The lowest BCUT2D eigenvalue weighted by atomic mass is 10.0. The van der Waals surface area contributed by atoms with Gasteiger partial charge in [0.25, 0.3) is 0 Å². The lowest BCUT2D eigenvalue weighted by Crippen LogP contribution is -2.25. The van der Waals surface area contributed by atoms with Crippen LogP contribution in [-0.4, -0.2) is 23.6 Å². The number of thiazole rings is 1. The molecule has 0 bridgehead atoms. The molecule has 2 aromatic carbocycles. The van der Waals surface area contributed by atoms with Crippen LogP contribution in [0.3, 0.4) is 0 Å². The van der Waals surface area contributed by atoms with Crippen LogP contribution >= 0.6 is 11.3 Å². The van der Waals surface area contributed by atoms with Crippen molar-refractivity contribution in [3.05, 3.63) is 65.4 Å². The van der Waals surface area contributed by atoms with E-state index in [1.54, 1.807) is 30.3 Å². The minimum absolute atomic E-state index is 0.156. The van der Waals surface area contributed by atoms with Crippen molar-refractivity contribution in [1.82, 2.24) is 9.29 Å². The van der Waals surface area contributed by atoms with E-state index < -0.39 is 10.0 Å². The van der Waals surface area contributed by atoms with Gasteiger partial charge in [0.1, 0.15) is 0 Å². The number of aromatic nitrogens is 1. The second kappa shape index (κ2) is 7.12. The van der Waals surface area contributed by atoms with Gasteiger partial charge in [0.15, 0.2) is 5.13 Å². The second-order valence-corrected chi connectivity index (χ2v) is 9.62. The average molecular weight is 414 g/mol. The zero-order chi connectivity index (χ0) is 19.9. The van der Waals surface area contributed by atoms with Crippen LogP contribution in [0.25, 0.3) is 10.4 Å². The maximum absolute atomic E-state index is 12.9. The van der Waals surface area contributed by atoms with E-state index in [2.05, 4.69) is 10.3 Å². The topological polar surface area (TPSA) is 79.4 Å². The highest BCUT2D eigenvalue weighted by Gasteiger charge is 2.30. The number of hydrogen-bond donors (Lipinski definition) is 1. The predicted octanol–water partition coefficient (Wildman–Crippen LogP) is 3.78. The second-order valence-electron chi connectivity index (χ2n) is 6.68. The summed E-state index contributed by atoms with van der Waals surface area (Å²) in [4.78, 5) is 16.9. The predicted molar refractivity (Wildman–Crippen MR) is 109 cm³/mol. The minimum atomic E-state index is -3.53.